The summed E-state index contributed by atoms with van der Waals surface area (Å²) in [4.78, 5) is 23.9. The Balaban J connectivity index is 1.47. The second-order valence-corrected chi connectivity index (χ2v) is 9.60. The van der Waals surface area contributed by atoms with Crippen molar-refractivity contribution in [3.05, 3.63) is 50.2 Å². The molecule has 1 N–H and O–H groups in total. The highest BCUT2D eigenvalue weighted by molar-refractivity contribution is 6.42. The molecule has 1 amide bonds. The molecule has 4 aliphatic carbocycles. The second kappa shape index (κ2) is 6.71. The Kier molecular flexibility index (Phi) is 4.37. The van der Waals surface area contributed by atoms with Crippen LogP contribution in [-0.2, 0) is 5.54 Å². The molecule has 4 bridgehead atoms. The summed E-state index contributed by atoms with van der Waals surface area (Å²) in [6, 6.07) is 4.65. The summed E-state index contributed by atoms with van der Waals surface area (Å²) >= 11 is 11.9. The molecule has 1 heterocycles. The zero-order valence-electron chi connectivity index (χ0n) is 15.6. The number of carbonyl (C=O) groups excluding carboxylic acids is 1. The van der Waals surface area contributed by atoms with E-state index in [-0.39, 0.29) is 21.9 Å². The first-order valence-electron chi connectivity index (χ1n) is 9.84. The number of hydrogen-bond acceptors (Lipinski definition) is 4. The van der Waals surface area contributed by atoms with Gasteiger partial charge in [-0.3, -0.25) is 19.6 Å². The van der Waals surface area contributed by atoms with Crippen molar-refractivity contribution in [1.29, 1.82) is 0 Å². The highest BCUT2D eigenvalue weighted by atomic mass is 35.5. The van der Waals surface area contributed by atoms with E-state index in [9.17, 15) is 14.9 Å². The topological polar surface area (TPSA) is 90.1 Å². The van der Waals surface area contributed by atoms with E-state index in [1.54, 1.807) is 16.8 Å². The Morgan fingerprint density at radius 1 is 1.14 bits per heavy atom. The Labute approximate surface area is 177 Å². The lowest BCUT2D eigenvalue weighted by molar-refractivity contribution is -0.385. The molecule has 4 saturated carbocycles. The predicted molar refractivity (Wildman–Crippen MR) is 109 cm³/mol. The fourth-order valence-electron chi connectivity index (χ4n) is 6.01. The Hall–Kier alpha value is -2.12. The quantitative estimate of drug-likeness (QED) is 0.523. The van der Waals surface area contributed by atoms with Crippen LogP contribution >= 0.6 is 23.2 Å². The summed E-state index contributed by atoms with van der Waals surface area (Å²) in [5.74, 6) is 1.37. The van der Waals surface area contributed by atoms with Crippen LogP contribution in [0.5, 0.6) is 0 Å². The molecule has 6 rings (SSSR count). The van der Waals surface area contributed by atoms with E-state index in [0.29, 0.717) is 28.5 Å². The average Bonchev–Trinajstić information content (AvgIpc) is 3.10. The van der Waals surface area contributed by atoms with Gasteiger partial charge in [0.25, 0.3) is 5.91 Å². The fourth-order valence-corrected chi connectivity index (χ4v) is 6.31. The van der Waals surface area contributed by atoms with E-state index >= 15 is 0 Å². The van der Waals surface area contributed by atoms with Crippen molar-refractivity contribution in [2.24, 2.45) is 17.8 Å². The summed E-state index contributed by atoms with van der Waals surface area (Å²) in [6.45, 7) is 0. The van der Waals surface area contributed by atoms with Crippen LogP contribution in [0.2, 0.25) is 10.0 Å². The van der Waals surface area contributed by atoms with Crippen molar-refractivity contribution in [3.8, 4) is 0 Å². The number of nitro groups is 1. The molecule has 7 nitrogen and oxygen atoms in total. The van der Waals surface area contributed by atoms with Crippen LogP contribution in [0.4, 0.5) is 11.4 Å². The summed E-state index contributed by atoms with van der Waals surface area (Å²) < 4.78 is 1.74. The third-order valence-electron chi connectivity index (χ3n) is 6.78. The molecule has 2 aromatic rings. The van der Waals surface area contributed by atoms with Crippen LogP contribution in [0.1, 0.15) is 49.0 Å². The van der Waals surface area contributed by atoms with Gasteiger partial charge in [0.2, 0.25) is 5.69 Å². The standard InChI is InChI=1S/C20H20Cl2N4O3/c21-15-2-1-14(6-16(15)22)23-19(27)18-17(26(28)29)10-25(24-18)20-7-11-3-12(8-20)5-13(4-11)9-20/h1-2,6,10-13H,3-5,7-9H2,(H,23,27). The molecule has 0 saturated heterocycles. The van der Waals surface area contributed by atoms with E-state index in [1.807, 2.05) is 0 Å². The van der Waals surface area contributed by atoms with Gasteiger partial charge in [0.05, 0.1) is 20.5 Å². The predicted octanol–water partition coefficient (Wildman–Crippen LogP) is 5.28. The van der Waals surface area contributed by atoms with Gasteiger partial charge in [-0.25, -0.2) is 0 Å². The van der Waals surface area contributed by atoms with E-state index in [4.69, 9.17) is 23.2 Å². The molecule has 9 heteroatoms. The number of nitrogens with one attached hydrogen (secondary N) is 1. The molecule has 1 aromatic carbocycles. The first-order valence-corrected chi connectivity index (χ1v) is 10.6. The molecule has 1 aromatic heterocycles. The van der Waals surface area contributed by atoms with Crippen molar-refractivity contribution >= 4 is 40.5 Å². The Bertz CT molecular complexity index is 984. The van der Waals surface area contributed by atoms with Crippen molar-refractivity contribution in [3.63, 3.8) is 0 Å². The average molecular weight is 435 g/mol. The van der Waals surface area contributed by atoms with Gasteiger partial charge < -0.3 is 5.32 Å². The zero-order chi connectivity index (χ0) is 20.3. The van der Waals surface area contributed by atoms with Gasteiger partial charge in [-0.05, 0) is 74.5 Å². The SMILES string of the molecule is O=C(Nc1ccc(Cl)c(Cl)c1)c1nn(C23CC4CC(CC(C4)C2)C3)cc1[N+](=O)[O-]. The molecule has 0 atom stereocenters. The number of benzene rings is 1. The van der Waals surface area contributed by atoms with Crippen molar-refractivity contribution in [2.75, 3.05) is 5.32 Å². The fraction of sp³-hybridized carbons (Fsp3) is 0.500. The number of hydrogen-bond donors (Lipinski definition) is 1. The molecular weight excluding hydrogens is 415 g/mol. The molecule has 4 aliphatic rings. The molecular formula is C20H20Cl2N4O3. The van der Waals surface area contributed by atoms with Gasteiger partial charge in [-0.15, -0.1) is 0 Å². The van der Waals surface area contributed by atoms with Crippen LogP contribution in [0.15, 0.2) is 24.4 Å². The maximum Gasteiger partial charge on any atom is 0.320 e. The molecule has 29 heavy (non-hydrogen) atoms. The van der Waals surface area contributed by atoms with E-state index in [1.165, 1.54) is 31.5 Å². The van der Waals surface area contributed by atoms with E-state index < -0.39 is 10.8 Å². The molecule has 0 radical (unpaired) electrons. The maximum atomic E-state index is 12.8. The molecule has 0 unspecified atom stereocenters. The smallest absolute Gasteiger partial charge is 0.320 e. The van der Waals surface area contributed by atoms with E-state index in [0.717, 1.165) is 19.3 Å². The van der Waals surface area contributed by atoms with Crippen molar-refractivity contribution in [2.45, 2.75) is 44.1 Å². The second-order valence-electron chi connectivity index (χ2n) is 8.79. The van der Waals surface area contributed by atoms with E-state index in [2.05, 4.69) is 10.4 Å². The third kappa shape index (κ3) is 3.20. The van der Waals surface area contributed by atoms with Crippen molar-refractivity contribution in [1.82, 2.24) is 9.78 Å². The highest BCUT2D eigenvalue weighted by Crippen LogP contribution is 2.58. The highest BCUT2D eigenvalue weighted by Gasteiger charge is 2.53. The van der Waals surface area contributed by atoms with Gasteiger partial charge in [0.15, 0.2) is 0 Å². The lowest BCUT2D eigenvalue weighted by atomic mass is 9.53. The summed E-state index contributed by atoms with van der Waals surface area (Å²) in [6.07, 6.45) is 8.20. The monoisotopic (exact) mass is 434 g/mol. The summed E-state index contributed by atoms with van der Waals surface area (Å²) in [7, 11) is 0. The maximum absolute atomic E-state index is 12.8. The number of rotatable bonds is 4. The minimum atomic E-state index is -0.626. The lowest BCUT2D eigenvalue weighted by Gasteiger charge is -2.56. The number of anilines is 1. The van der Waals surface area contributed by atoms with Crippen LogP contribution < -0.4 is 5.32 Å². The van der Waals surface area contributed by atoms with Crippen LogP contribution in [-0.4, -0.2) is 20.6 Å². The Morgan fingerprint density at radius 3 is 2.31 bits per heavy atom. The number of carbonyl (C=O) groups is 1. The summed E-state index contributed by atoms with van der Waals surface area (Å²) in [5, 5.41) is 19.4. The van der Waals surface area contributed by atoms with Crippen molar-refractivity contribution < 1.29 is 9.72 Å². The largest absolute Gasteiger partial charge is 0.320 e. The normalized spacial score (nSPS) is 29.8. The first-order chi connectivity index (χ1) is 13.8. The number of aromatic nitrogens is 2. The molecule has 0 aliphatic heterocycles. The number of nitrogens with zero attached hydrogens (tertiary/aromatic N) is 3. The Morgan fingerprint density at radius 2 is 1.76 bits per heavy atom. The minimum absolute atomic E-state index is 0.170. The van der Waals surface area contributed by atoms with Gasteiger partial charge in [-0.2, -0.15) is 5.10 Å². The molecule has 0 spiro atoms. The molecule has 4 fully saturated rings. The number of halogens is 2. The zero-order valence-corrected chi connectivity index (χ0v) is 17.1. The van der Waals surface area contributed by atoms with Gasteiger partial charge >= 0.3 is 5.69 Å². The third-order valence-corrected chi connectivity index (χ3v) is 7.52. The van der Waals surface area contributed by atoms with Gasteiger partial charge in [0, 0.05) is 5.69 Å². The molecule has 152 valence electrons. The summed E-state index contributed by atoms with van der Waals surface area (Å²) in [5.41, 5.74) is -0.222. The number of amides is 1. The van der Waals surface area contributed by atoms with Gasteiger partial charge in [0.1, 0.15) is 6.20 Å². The minimum Gasteiger partial charge on any atom is -0.320 e. The van der Waals surface area contributed by atoms with Crippen LogP contribution in [0.25, 0.3) is 0 Å². The van der Waals surface area contributed by atoms with Gasteiger partial charge in [-0.1, -0.05) is 23.2 Å². The van der Waals surface area contributed by atoms with Crippen LogP contribution in [0, 0.1) is 27.9 Å². The first kappa shape index (κ1) is 18.9. The van der Waals surface area contributed by atoms with Crippen LogP contribution in [0.3, 0.4) is 0 Å². The lowest BCUT2D eigenvalue weighted by Crippen LogP contribution is -2.52.